The van der Waals surface area contributed by atoms with Crippen molar-refractivity contribution in [2.45, 2.75) is 86.1 Å². The molecule has 3 aromatic rings. The molecular weight excluding hydrogens is 728 g/mol. The summed E-state index contributed by atoms with van der Waals surface area (Å²) in [7, 11) is -3.92. The number of para-hydroxylation sites is 1. The fourth-order valence-electron chi connectivity index (χ4n) is 6.53. The van der Waals surface area contributed by atoms with Gasteiger partial charge in [0.2, 0.25) is 10.0 Å². The fraction of sp³-hybridized carbons (Fsp3) is 0.514. The maximum atomic E-state index is 13.9. The van der Waals surface area contributed by atoms with Crippen LogP contribution in [0.3, 0.4) is 0 Å². The van der Waals surface area contributed by atoms with Crippen LogP contribution in [-0.4, -0.2) is 113 Å². The number of nitrogens with zero attached hydrogens (tertiary/aromatic N) is 2. The first-order valence-electron chi connectivity index (χ1n) is 17.9. The number of amides is 2. The van der Waals surface area contributed by atoms with Crippen molar-refractivity contribution in [1.82, 2.24) is 19.9 Å². The second-order valence-corrected chi connectivity index (χ2v) is 16.4. The summed E-state index contributed by atoms with van der Waals surface area (Å²) in [4.78, 5) is 16.9. The van der Waals surface area contributed by atoms with Crippen LogP contribution in [0.1, 0.15) is 49.7 Å². The SMILES string of the molecule is O=C(NCC1CCCN(S(=O)(=O)c2ccc(Cl)c(COC3(c4cnccc4-c4ccccc4OC4CC4)CC3)c2)C1)NC[C@@H](O)[C@H](O)[C@@H](O)[C@@H](O)CO. The molecule has 6 rings (SSSR count). The van der Waals surface area contributed by atoms with E-state index in [1.165, 1.54) is 10.4 Å². The number of rotatable bonds is 17. The molecule has 1 aliphatic heterocycles. The van der Waals surface area contributed by atoms with E-state index in [-0.39, 0.29) is 36.6 Å². The molecule has 14 nitrogen and oxygen atoms in total. The molecule has 0 bridgehead atoms. The van der Waals surface area contributed by atoms with Gasteiger partial charge in [-0.05, 0) is 85.9 Å². The lowest BCUT2D eigenvalue weighted by molar-refractivity contribution is -0.113. The third-order valence-corrected chi connectivity index (χ3v) is 12.2. The normalized spacial score (nSPS) is 20.9. The van der Waals surface area contributed by atoms with Crippen LogP contribution in [0.2, 0.25) is 5.02 Å². The highest BCUT2D eigenvalue weighted by Gasteiger charge is 2.48. The molecular formula is C37H47ClN4O10S. The van der Waals surface area contributed by atoms with Crippen molar-refractivity contribution in [3.8, 4) is 16.9 Å². The number of ether oxygens (including phenoxy) is 2. The Balaban J connectivity index is 1.06. The van der Waals surface area contributed by atoms with Crippen LogP contribution >= 0.6 is 11.6 Å². The number of benzene rings is 2. The lowest BCUT2D eigenvalue weighted by atomic mass is 9.96. The van der Waals surface area contributed by atoms with Crippen molar-refractivity contribution >= 4 is 27.7 Å². The Bertz CT molecular complexity index is 1840. The summed E-state index contributed by atoms with van der Waals surface area (Å²) in [6.45, 7) is -0.540. The summed E-state index contributed by atoms with van der Waals surface area (Å²) in [6, 6.07) is 13.9. The molecule has 2 aliphatic carbocycles. The number of nitrogens with one attached hydrogen (secondary N) is 2. The zero-order valence-electron chi connectivity index (χ0n) is 29.2. The molecule has 3 fully saturated rings. The van der Waals surface area contributed by atoms with E-state index < -0.39 is 59.2 Å². The van der Waals surface area contributed by atoms with Gasteiger partial charge in [-0.2, -0.15) is 4.31 Å². The molecule has 0 radical (unpaired) electrons. The number of hydrogen-bond donors (Lipinski definition) is 7. The van der Waals surface area contributed by atoms with E-state index in [1.54, 1.807) is 18.3 Å². The number of halogens is 1. The van der Waals surface area contributed by atoms with Crippen molar-refractivity contribution in [1.29, 1.82) is 0 Å². The highest BCUT2D eigenvalue weighted by molar-refractivity contribution is 7.89. The summed E-state index contributed by atoms with van der Waals surface area (Å²) in [6.07, 6.45) is 1.83. The number of carbonyl (C=O) groups is 1. The van der Waals surface area contributed by atoms with Crippen LogP contribution in [0, 0.1) is 5.92 Å². The second kappa shape index (κ2) is 17.0. The predicted octanol–water partition coefficient (Wildman–Crippen LogP) is 2.28. The molecule has 1 unspecified atom stereocenters. The molecule has 0 spiro atoms. The summed E-state index contributed by atoms with van der Waals surface area (Å²) in [5.74, 6) is 0.628. The molecule has 2 saturated carbocycles. The molecule has 7 N–H and O–H groups in total. The van der Waals surface area contributed by atoms with Crippen molar-refractivity contribution in [2.24, 2.45) is 5.92 Å². The third-order valence-electron chi connectivity index (χ3n) is 10.0. The molecule has 2 amide bonds. The molecule has 16 heteroatoms. The van der Waals surface area contributed by atoms with Crippen LogP contribution < -0.4 is 15.4 Å². The van der Waals surface area contributed by atoms with Crippen LogP contribution in [0.15, 0.2) is 65.8 Å². The van der Waals surface area contributed by atoms with E-state index in [2.05, 4.69) is 15.6 Å². The highest BCUT2D eigenvalue weighted by atomic mass is 35.5. The van der Waals surface area contributed by atoms with Gasteiger partial charge in [0.1, 0.15) is 24.1 Å². The molecule has 5 atom stereocenters. The van der Waals surface area contributed by atoms with Gasteiger partial charge in [-0.3, -0.25) is 4.98 Å². The topological polar surface area (TPSA) is 211 Å². The summed E-state index contributed by atoms with van der Waals surface area (Å²) < 4.78 is 41.9. The number of pyridine rings is 1. The number of aromatic nitrogens is 1. The minimum atomic E-state index is -3.92. The van der Waals surface area contributed by atoms with Crippen LogP contribution in [-0.2, 0) is 27.0 Å². The average molecular weight is 775 g/mol. The van der Waals surface area contributed by atoms with E-state index in [0.29, 0.717) is 30.0 Å². The number of aliphatic hydroxyl groups is 5. The minimum absolute atomic E-state index is 0.0884. The number of piperidine rings is 1. The van der Waals surface area contributed by atoms with Crippen molar-refractivity contribution in [3.05, 3.63) is 77.1 Å². The van der Waals surface area contributed by atoms with Crippen LogP contribution in [0.5, 0.6) is 5.75 Å². The maximum absolute atomic E-state index is 13.9. The van der Waals surface area contributed by atoms with Crippen LogP contribution in [0.4, 0.5) is 4.79 Å². The molecule has 3 aliphatic rings. The van der Waals surface area contributed by atoms with Crippen molar-refractivity contribution in [2.75, 3.05) is 32.8 Å². The molecule has 2 heterocycles. The second-order valence-electron chi connectivity index (χ2n) is 14.0. The zero-order chi connectivity index (χ0) is 37.8. The monoisotopic (exact) mass is 774 g/mol. The Kier molecular flexibility index (Phi) is 12.6. The molecule has 1 aromatic heterocycles. The van der Waals surface area contributed by atoms with Gasteiger partial charge in [0.05, 0.1) is 35.9 Å². The van der Waals surface area contributed by atoms with E-state index in [0.717, 1.165) is 48.1 Å². The Labute approximate surface area is 313 Å². The average Bonchev–Trinajstić information content (AvgIpc) is 4.13. The van der Waals surface area contributed by atoms with Gasteiger partial charge in [0, 0.05) is 54.7 Å². The molecule has 288 valence electrons. The summed E-state index contributed by atoms with van der Waals surface area (Å²) in [5.41, 5.74) is 2.84. The van der Waals surface area contributed by atoms with Gasteiger partial charge in [-0.1, -0.05) is 29.8 Å². The number of urea groups is 1. The van der Waals surface area contributed by atoms with E-state index in [4.69, 9.17) is 26.2 Å². The lowest BCUT2D eigenvalue weighted by Crippen LogP contribution is -2.51. The first-order chi connectivity index (χ1) is 25.4. The fourth-order valence-corrected chi connectivity index (χ4v) is 8.31. The Hall–Kier alpha value is -3.38. The lowest BCUT2D eigenvalue weighted by Gasteiger charge is -2.32. The predicted molar refractivity (Wildman–Crippen MR) is 194 cm³/mol. The molecule has 1 saturated heterocycles. The quantitative estimate of drug-likeness (QED) is 0.106. The van der Waals surface area contributed by atoms with Gasteiger partial charge in [0.15, 0.2) is 0 Å². The third kappa shape index (κ3) is 9.47. The van der Waals surface area contributed by atoms with Gasteiger partial charge in [-0.25, -0.2) is 13.2 Å². The largest absolute Gasteiger partial charge is 0.490 e. The Morgan fingerprint density at radius 3 is 2.49 bits per heavy atom. The van der Waals surface area contributed by atoms with Crippen molar-refractivity contribution in [3.63, 3.8) is 0 Å². The first-order valence-corrected chi connectivity index (χ1v) is 19.7. The van der Waals surface area contributed by atoms with Crippen LogP contribution in [0.25, 0.3) is 11.1 Å². The first kappa shape index (κ1) is 39.3. The van der Waals surface area contributed by atoms with E-state index in [1.807, 2.05) is 36.5 Å². The maximum Gasteiger partial charge on any atom is 0.314 e. The van der Waals surface area contributed by atoms with Crippen molar-refractivity contribution < 1.29 is 48.2 Å². The number of sulfonamides is 1. The summed E-state index contributed by atoms with van der Waals surface area (Å²) >= 11 is 6.60. The van der Waals surface area contributed by atoms with Gasteiger partial charge in [-0.15, -0.1) is 0 Å². The summed E-state index contributed by atoms with van der Waals surface area (Å²) in [5, 5.41) is 53.5. The Morgan fingerprint density at radius 2 is 1.75 bits per heavy atom. The molecule has 53 heavy (non-hydrogen) atoms. The standard InChI is InChI=1S/C37H47ClN4O10S/c38-30-10-9-26(53(49,50)42-15-3-4-23(20-42)17-40-36(48)41-19-31(44)34(46)35(47)32(45)21-43)16-24(30)22-51-37(12-13-37)29-18-39-14-11-27(29)28-5-1-2-6-33(28)52-25-7-8-25/h1-2,5-6,9-11,14,16,18,23,25,31-32,34-35,43-47H,3-4,7-8,12-13,15,17,19-22H2,(H2,40,41,48)/t23?,31-,32+,34+,35+/m1/s1. The van der Waals surface area contributed by atoms with Gasteiger partial charge >= 0.3 is 6.03 Å². The number of carbonyl (C=O) groups excluding carboxylic acids is 1. The smallest absolute Gasteiger partial charge is 0.314 e. The molecule has 2 aromatic carbocycles. The van der Waals surface area contributed by atoms with Gasteiger partial charge < -0.3 is 45.6 Å². The zero-order valence-corrected chi connectivity index (χ0v) is 30.8. The highest BCUT2D eigenvalue weighted by Crippen LogP contribution is 2.53. The number of aliphatic hydroxyl groups excluding tert-OH is 5. The number of hydrogen-bond acceptors (Lipinski definition) is 11. The van der Waals surface area contributed by atoms with E-state index >= 15 is 0 Å². The Morgan fingerprint density at radius 1 is 1.00 bits per heavy atom. The van der Waals surface area contributed by atoms with E-state index in [9.17, 15) is 33.6 Å². The minimum Gasteiger partial charge on any atom is -0.490 e. The van der Waals surface area contributed by atoms with Gasteiger partial charge in [0.25, 0.3) is 0 Å².